The van der Waals surface area contributed by atoms with Crippen molar-refractivity contribution in [2.75, 3.05) is 13.2 Å². The molecule has 134 valence electrons. The third kappa shape index (κ3) is 3.94. The number of fused-ring (bicyclic) bond motifs is 3. The fourth-order valence-corrected chi connectivity index (χ4v) is 3.51. The highest BCUT2D eigenvalue weighted by molar-refractivity contribution is 6.33. The zero-order valence-electron chi connectivity index (χ0n) is 14.0. The van der Waals surface area contributed by atoms with Crippen LogP contribution in [0.1, 0.15) is 13.3 Å². The number of nitrogens with one attached hydrogen (secondary N) is 1. The Bertz CT molecular complexity index is 815. The lowest BCUT2D eigenvalue weighted by molar-refractivity contribution is 0.141. The third-order valence-electron chi connectivity index (χ3n) is 4.54. The van der Waals surface area contributed by atoms with Gasteiger partial charge in [-0.05, 0) is 42.8 Å². The quantitative estimate of drug-likeness (QED) is 0.583. The maximum atomic E-state index is 10.5. The predicted octanol–water partition coefficient (Wildman–Crippen LogP) is 3.82. The second-order valence-corrected chi connectivity index (χ2v) is 7.16. The average Bonchev–Trinajstić information content (AvgIpc) is 2.88. The van der Waals surface area contributed by atoms with Gasteiger partial charge in [0, 0.05) is 44.4 Å². The van der Waals surface area contributed by atoms with Gasteiger partial charge >= 0.3 is 0 Å². The Labute approximate surface area is 157 Å². The van der Waals surface area contributed by atoms with Crippen LogP contribution in [-0.2, 0) is 6.54 Å². The summed E-state index contributed by atoms with van der Waals surface area (Å²) in [5.41, 5.74) is 2.02. The molecule has 6 heteroatoms. The second-order valence-electron chi connectivity index (χ2n) is 6.28. The van der Waals surface area contributed by atoms with Gasteiger partial charge in [-0.15, -0.1) is 0 Å². The SMILES string of the molecule is CC[C@H](CO)NC[C@@H](O)Cn1c2ccc(Cl)cc2c2cc(Cl)ccc21. The lowest BCUT2D eigenvalue weighted by Gasteiger charge is -2.19. The first-order chi connectivity index (χ1) is 12.0. The number of hydrogen-bond acceptors (Lipinski definition) is 3. The van der Waals surface area contributed by atoms with Gasteiger partial charge in [0.15, 0.2) is 0 Å². The molecule has 3 rings (SSSR count). The summed E-state index contributed by atoms with van der Waals surface area (Å²) in [6.45, 7) is 2.93. The monoisotopic (exact) mass is 380 g/mol. The Balaban J connectivity index is 1.94. The first kappa shape index (κ1) is 18.5. The lowest BCUT2D eigenvalue weighted by Crippen LogP contribution is -2.38. The zero-order valence-corrected chi connectivity index (χ0v) is 15.6. The van der Waals surface area contributed by atoms with Gasteiger partial charge in [-0.2, -0.15) is 0 Å². The number of rotatable bonds is 7. The number of halogens is 2. The molecule has 3 aromatic rings. The van der Waals surface area contributed by atoms with Gasteiger partial charge in [0.05, 0.1) is 19.3 Å². The second kappa shape index (κ2) is 7.94. The maximum Gasteiger partial charge on any atom is 0.0843 e. The first-order valence-electron chi connectivity index (χ1n) is 8.42. The minimum atomic E-state index is -0.578. The minimum absolute atomic E-state index is 0.00501. The molecule has 3 N–H and O–H groups in total. The van der Waals surface area contributed by atoms with Crippen LogP contribution in [0.2, 0.25) is 10.0 Å². The van der Waals surface area contributed by atoms with Crippen LogP contribution in [0.15, 0.2) is 36.4 Å². The molecule has 0 radical (unpaired) electrons. The van der Waals surface area contributed by atoms with Gasteiger partial charge < -0.3 is 20.1 Å². The molecular weight excluding hydrogens is 359 g/mol. The normalized spacial score (nSPS) is 14.3. The van der Waals surface area contributed by atoms with Crippen molar-refractivity contribution in [1.82, 2.24) is 9.88 Å². The Morgan fingerprint density at radius 2 is 1.60 bits per heavy atom. The highest BCUT2D eigenvalue weighted by Gasteiger charge is 2.15. The Kier molecular flexibility index (Phi) is 5.87. The van der Waals surface area contributed by atoms with Crippen LogP contribution in [0.3, 0.4) is 0 Å². The van der Waals surface area contributed by atoms with Crippen LogP contribution >= 0.6 is 23.2 Å². The van der Waals surface area contributed by atoms with Crippen molar-refractivity contribution in [3.8, 4) is 0 Å². The van der Waals surface area contributed by atoms with E-state index < -0.39 is 6.10 Å². The minimum Gasteiger partial charge on any atom is -0.395 e. The highest BCUT2D eigenvalue weighted by atomic mass is 35.5. The number of benzene rings is 2. The van der Waals surface area contributed by atoms with E-state index in [4.69, 9.17) is 23.2 Å². The van der Waals surface area contributed by atoms with E-state index in [1.807, 2.05) is 43.3 Å². The summed E-state index contributed by atoms with van der Waals surface area (Å²) in [6, 6.07) is 11.5. The Hall–Kier alpha value is -1.30. The summed E-state index contributed by atoms with van der Waals surface area (Å²) in [6.07, 6.45) is 0.237. The van der Waals surface area contributed by atoms with E-state index in [0.717, 1.165) is 28.2 Å². The maximum absolute atomic E-state index is 10.5. The van der Waals surface area contributed by atoms with Gasteiger partial charge in [-0.25, -0.2) is 0 Å². The molecule has 0 fully saturated rings. The predicted molar refractivity (Wildman–Crippen MR) is 105 cm³/mol. The third-order valence-corrected chi connectivity index (χ3v) is 5.01. The largest absolute Gasteiger partial charge is 0.395 e. The number of aromatic nitrogens is 1. The van der Waals surface area contributed by atoms with E-state index in [2.05, 4.69) is 9.88 Å². The van der Waals surface area contributed by atoms with Crippen molar-refractivity contribution in [2.24, 2.45) is 0 Å². The van der Waals surface area contributed by atoms with Gasteiger partial charge in [-0.3, -0.25) is 0 Å². The van der Waals surface area contributed by atoms with Crippen molar-refractivity contribution in [3.05, 3.63) is 46.4 Å². The van der Waals surface area contributed by atoms with Crippen molar-refractivity contribution in [2.45, 2.75) is 32.0 Å². The molecule has 0 aliphatic carbocycles. The summed E-state index contributed by atoms with van der Waals surface area (Å²) < 4.78 is 2.09. The van der Waals surface area contributed by atoms with Gasteiger partial charge in [-0.1, -0.05) is 30.1 Å². The van der Waals surface area contributed by atoms with Crippen LogP contribution in [0, 0.1) is 0 Å². The van der Waals surface area contributed by atoms with E-state index >= 15 is 0 Å². The van der Waals surface area contributed by atoms with Crippen molar-refractivity contribution < 1.29 is 10.2 Å². The van der Waals surface area contributed by atoms with Crippen LogP contribution in [0.5, 0.6) is 0 Å². The fourth-order valence-electron chi connectivity index (χ4n) is 3.16. The fraction of sp³-hybridized carbons (Fsp3) is 0.368. The van der Waals surface area contributed by atoms with Crippen LogP contribution in [-0.4, -0.2) is 40.1 Å². The van der Waals surface area contributed by atoms with Crippen LogP contribution in [0.25, 0.3) is 21.8 Å². The summed E-state index contributed by atoms with van der Waals surface area (Å²) in [5, 5.41) is 26.3. The number of nitrogens with zero attached hydrogens (tertiary/aromatic N) is 1. The smallest absolute Gasteiger partial charge is 0.0843 e. The van der Waals surface area contributed by atoms with Crippen molar-refractivity contribution in [1.29, 1.82) is 0 Å². The van der Waals surface area contributed by atoms with Gasteiger partial charge in [0.2, 0.25) is 0 Å². The molecule has 1 heterocycles. The number of aliphatic hydroxyl groups excluding tert-OH is 2. The van der Waals surface area contributed by atoms with E-state index in [1.165, 1.54) is 0 Å². The number of hydrogen-bond donors (Lipinski definition) is 3. The molecule has 0 bridgehead atoms. The van der Waals surface area contributed by atoms with Crippen LogP contribution in [0.4, 0.5) is 0 Å². The molecule has 0 unspecified atom stereocenters. The van der Waals surface area contributed by atoms with E-state index in [0.29, 0.717) is 23.1 Å². The summed E-state index contributed by atoms with van der Waals surface area (Å²) in [5.74, 6) is 0. The molecule has 2 aromatic carbocycles. The zero-order chi connectivity index (χ0) is 18.0. The number of aliphatic hydroxyl groups is 2. The summed E-state index contributed by atoms with van der Waals surface area (Å²) in [7, 11) is 0. The first-order valence-corrected chi connectivity index (χ1v) is 9.18. The summed E-state index contributed by atoms with van der Waals surface area (Å²) in [4.78, 5) is 0. The van der Waals surface area contributed by atoms with E-state index in [1.54, 1.807) is 0 Å². The topological polar surface area (TPSA) is 57.4 Å². The summed E-state index contributed by atoms with van der Waals surface area (Å²) >= 11 is 12.3. The standard InChI is InChI=1S/C19H22Cl2N2O2/c1-2-14(11-24)22-9-15(25)10-23-18-5-3-12(20)7-16(18)17-8-13(21)4-6-19(17)23/h3-8,14-15,22,24-25H,2,9-11H2,1H3/t14-,15-/m1/s1. The molecular formula is C19H22Cl2N2O2. The Morgan fingerprint density at radius 1 is 1.04 bits per heavy atom. The van der Waals surface area contributed by atoms with Gasteiger partial charge in [0.25, 0.3) is 0 Å². The molecule has 0 aliphatic heterocycles. The van der Waals surface area contributed by atoms with Crippen molar-refractivity contribution >= 4 is 45.0 Å². The Morgan fingerprint density at radius 3 is 2.08 bits per heavy atom. The molecule has 0 spiro atoms. The van der Waals surface area contributed by atoms with Crippen molar-refractivity contribution in [3.63, 3.8) is 0 Å². The van der Waals surface area contributed by atoms with Crippen LogP contribution < -0.4 is 5.32 Å². The highest BCUT2D eigenvalue weighted by Crippen LogP contribution is 2.32. The van der Waals surface area contributed by atoms with E-state index in [9.17, 15) is 10.2 Å². The molecule has 0 saturated heterocycles. The molecule has 0 aliphatic rings. The molecule has 2 atom stereocenters. The molecule has 0 amide bonds. The molecule has 1 aromatic heterocycles. The average molecular weight is 381 g/mol. The lowest BCUT2D eigenvalue weighted by atomic mass is 10.1. The molecule has 25 heavy (non-hydrogen) atoms. The molecule has 4 nitrogen and oxygen atoms in total. The van der Waals surface area contributed by atoms with E-state index in [-0.39, 0.29) is 12.6 Å². The van der Waals surface area contributed by atoms with Gasteiger partial charge in [0.1, 0.15) is 0 Å². The molecule has 0 saturated carbocycles.